The first-order valence-corrected chi connectivity index (χ1v) is 5.57. The van der Waals surface area contributed by atoms with Gasteiger partial charge in [-0.25, -0.2) is 18.0 Å². The van der Waals surface area contributed by atoms with Gasteiger partial charge in [-0.1, -0.05) is 12.1 Å². The SMILES string of the molecule is O=C(O)c1ccc(COc2c(F)cccc2F)cc1F. The summed E-state index contributed by atoms with van der Waals surface area (Å²) in [6.07, 6.45) is 0. The van der Waals surface area contributed by atoms with Crippen molar-refractivity contribution in [1.29, 1.82) is 0 Å². The molecule has 0 unspecified atom stereocenters. The summed E-state index contributed by atoms with van der Waals surface area (Å²) in [5.41, 5.74) is -0.221. The molecule has 20 heavy (non-hydrogen) atoms. The zero-order chi connectivity index (χ0) is 14.7. The number of halogens is 3. The monoisotopic (exact) mass is 282 g/mol. The largest absolute Gasteiger partial charge is 0.483 e. The third-order valence-corrected chi connectivity index (χ3v) is 2.57. The number of aromatic carboxylic acids is 1. The van der Waals surface area contributed by atoms with Crippen molar-refractivity contribution in [2.75, 3.05) is 0 Å². The molecule has 0 aliphatic carbocycles. The van der Waals surface area contributed by atoms with Gasteiger partial charge in [-0.15, -0.1) is 0 Å². The van der Waals surface area contributed by atoms with Gasteiger partial charge < -0.3 is 9.84 Å². The van der Waals surface area contributed by atoms with E-state index in [9.17, 15) is 18.0 Å². The fraction of sp³-hybridized carbons (Fsp3) is 0.0714. The molecule has 0 aliphatic heterocycles. The van der Waals surface area contributed by atoms with Crippen LogP contribution in [0.2, 0.25) is 0 Å². The Morgan fingerprint density at radius 2 is 1.70 bits per heavy atom. The molecule has 0 spiro atoms. The van der Waals surface area contributed by atoms with Gasteiger partial charge in [-0.2, -0.15) is 0 Å². The normalized spacial score (nSPS) is 10.3. The topological polar surface area (TPSA) is 46.5 Å². The molecule has 2 rings (SSSR count). The first kappa shape index (κ1) is 13.9. The molecule has 0 saturated heterocycles. The van der Waals surface area contributed by atoms with Crippen LogP contribution in [-0.4, -0.2) is 11.1 Å². The number of carbonyl (C=O) groups is 1. The van der Waals surface area contributed by atoms with Crippen LogP contribution in [0.5, 0.6) is 5.75 Å². The maximum absolute atomic E-state index is 13.4. The van der Waals surface area contributed by atoms with E-state index < -0.39 is 34.7 Å². The Balaban J connectivity index is 2.16. The summed E-state index contributed by atoms with van der Waals surface area (Å²) in [6, 6.07) is 6.58. The Labute approximate surface area is 112 Å². The Morgan fingerprint density at radius 1 is 1.05 bits per heavy atom. The quantitative estimate of drug-likeness (QED) is 0.935. The van der Waals surface area contributed by atoms with Gasteiger partial charge in [0.1, 0.15) is 12.4 Å². The van der Waals surface area contributed by atoms with Gasteiger partial charge in [-0.3, -0.25) is 0 Å². The van der Waals surface area contributed by atoms with Crippen molar-refractivity contribution in [3.05, 3.63) is 65.0 Å². The lowest BCUT2D eigenvalue weighted by molar-refractivity contribution is 0.0692. The van der Waals surface area contributed by atoms with Crippen LogP contribution in [0.15, 0.2) is 36.4 Å². The number of ether oxygens (including phenoxy) is 1. The molecule has 2 aromatic rings. The third kappa shape index (κ3) is 2.90. The van der Waals surface area contributed by atoms with E-state index >= 15 is 0 Å². The Bertz CT molecular complexity index is 636. The Kier molecular flexibility index (Phi) is 3.93. The molecule has 3 nitrogen and oxygen atoms in total. The number of benzene rings is 2. The number of carboxylic acids is 1. The number of hydrogen-bond donors (Lipinski definition) is 1. The van der Waals surface area contributed by atoms with E-state index in [0.717, 1.165) is 24.3 Å². The van der Waals surface area contributed by atoms with Crippen LogP contribution >= 0.6 is 0 Å². The van der Waals surface area contributed by atoms with Gasteiger partial charge in [0.25, 0.3) is 0 Å². The summed E-state index contributed by atoms with van der Waals surface area (Å²) < 4.78 is 44.9. The lowest BCUT2D eigenvalue weighted by Crippen LogP contribution is -2.04. The van der Waals surface area contributed by atoms with Crippen LogP contribution in [0.1, 0.15) is 15.9 Å². The van der Waals surface area contributed by atoms with E-state index in [1.54, 1.807) is 0 Å². The van der Waals surface area contributed by atoms with Crippen molar-refractivity contribution >= 4 is 5.97 Å². The number of rotatable bonds is 4. The summed E-state index contributed by atoms with van der Waals surface area (Å²) in [5, 5.41) is 8.67. The van der Waals surface area contributed by atoms with Crippen molar-refractivity contribution in [2.24, 2.45) is 0 Å². The highest BCUT2D eigenvalue weighted by molar-refractivity contribution is 5.87. The minimum Gasteiger partial charge on any atom is -0.483 e. The third-order valence-electron chi connectivity index (χ3n) is 2.57. The highest BCUT2D eigenvalue weighted by Crippen LogP contribution is 2.22. The van der Waals surface area contributed by atoms with Crippen LogP contribution in [0.4, 0.5) is 13.2 Å². The molecule has 0 saturated carbocycles. The molecule has 0 aliphatic rings. The summed E-state index contributed by atoms with van der Waals surface area (Å²) >= 11 is 0. The van der Waals surface area contributed by atoms with Crippen molar-refractivity contribution < 1.29 is 27.8 Å². The average Bonchev–Trinajstić information content (AvgIpc) is 2.37. The van der Waals surface area contributed by atoms with Crippen LogP contribution < -0.4 is 4.74 Å². The highest BCUT2D eigenvalue weighted by atomic mass is 19.1. The molecular weight excluding hydrogens is 273 g/mol. The molecule has 0 fully saturated rings. The van der Waals surface area contributed by atoms with Gasteiger partial charge in [0.2, 0.25) is 0 Å². The maximum Gasteiger partial charge on any atom is 0.338 e. The van der Waals surface area contributed by atoms with Crippen LogP contribution in [-0.2, 0) is 6.61 Å². The highest BCUT2D eigenvalue weighted by Gasteiger charge is 2.12. The lowest BCUT2D eigenvalue weighted by atomic mass is 10.1. The average molecular weight is 282 g/mol. The summed E-state index contributed by atoms with van der Waals surface area (Å²) in [6.45, 7) is -0.283. The summed E-state index contributed by atoms with van der Waals surface area (Å²) in [7, 11) is 0. The van der Waals surface area contributed by atoms with E-state index in [-0.39, 0.29) is 12.2 Å². The van der Waals surface area contributed by atoms with Gasteiger partial charge in [0.15, 0.2) is 17.4 Å². The van der Waals surface area contributed by atoms with E-state index in [2.05, 4.69) is 0 Å². The predicted molar refractivity (Wildman–Crippen MR) is 64.0 cm³/mol. The maximum atomic E-state index is 13.4. The molecule has 0 aromatic heterocycles. The van der Waals surface area contributed by atoms with Crippen molar-refractivity contribution in [3.8, 4) is 5.75 Å². The smallest absolute Gasteiger partial charge is 0.338 e. The zero-order valence-electron chi connectivity index (χ0n) is 10.1. The number of carboxylic acid groups (broad SMARTS) is 1. The second kappa shape index (κ2) is 5.64. The lowest BCUT2D eigenvalue weighted by Gasteiger charge is -2.08. The van der Waals surface area contributed by atoms with E-state index in [1.165, 1.54) is 12.1 Å². The van der Waals surface area contributed by atoms with Gasteiger partial charge in [0, 0.05) is 0 Å². The molecule has 0 radical (unpaired) electrons. The summed E-state index contributed by atoms with van der Waals surface area (Å²) in [5.74, 6) is -4.63. The minimum absolute atomic E-state index is 0.259. The van der Waals surface area contributed by atoms with Crippen molar-refractivity contribution in [2.45, 2.75) is 6.61 Å². The Morgan fingerprint density at radius 3 is 2.25 bits per heavy atom. The predicted octanol–water partition coefficient (Wildman–Crippen LogP) is 3.38. The number of hydrogen-bond acceptors (Lipinski definition) is 2. The van der Waals surface area contributed by atoms with Crippen LogP contribution in [0.25, 0.3) is 0 Å². The first-order chi connectivity index (χ1) is 9.49. The minimum atomic E-state index is -1.39. The standard InChI is InChI=1S/C14H9F3O3/c15-10-2-1-3-11(16)13(10)20-7-8-4-5-9(14(18)19)12(17)6-8/h1-6H,7H2,(H,18,19). The molecular formula is C14H9F3O3. The molecule has 104 valence electrons. The molecule has 2 aromatic carbocycles. The Hall–Kier alpha value is -2.50. The second-order valence-electron chi connectivity index (χ2n) is 3.96. The molecule has 1 N–H and O–H groups in total. The van der Waals surface area contributed by atoms with Crippen molar-refractivity contribution in [1.82, 2.24) is 0 Å². The molecule has 0 heterocycles. The van der Waals surface area contributed by atoms with Crippen LogP contribution in [0, 0.1) is 17.5 Å². The van der Waals surface area contributed by atoms with E-state index in [4.69, 9.17) is 9.84 Å². The molecule has 0 atom stereocenters. The molecule has 0 bridgehead atoms. The number of para-hydroxylation sites is 1. The van der Waals surface area contributed by atoms with E-state index in [1.807, 2.05) is 0 Å². The fourth-order valence-electron chi connectivity index (χ4n) is 1.60. The fourth-order valence-corrected chi connectivity index (χ4v) is 1.60. The van der Waals surface area contributed by atoms with Crippen LogP contribution in [0.3, 0.4) is 0 Å². The second-order valence-corrected chi connectivity index (χ2v) is 3.96. The van der Waals surface area contributed by atoms with Gasteiger partial charge >= 0.3 is 5.97 Å². The van der Waals surface area contributed by atoms with Gasteiger partial charge in [-0.05, 0) is 29.8 Å². The van der Waals surface area contributed by atoms with Gasteiger partial charge in [0.05, 0.1) is 5.56 Å². The molecule has 0 amide bonds. The van der Waals surface area contributed by atoms with Crippen molar-refractivity contribution in [3.63, 3.8) is 0 Å². The summed E-state index contributed by atoms with van der Waals surface area (Å²) in [4.78, 5) is 10.6. The first-order valence-electron chi connectivity index (χ1n) is 5.57. The zero-order valence-corrected chi connectivity index (χ0v) is 10.1. The molecule has 6 heteroatoms. The van der Waals surface area contributed by atoms with E-state index in [0.29, 0.717) is 0 Å².